The van der Waals surface area contributed by atoms with Crippen molar-refractivity contribution in [2.24, 2.45) is 0 Å². The highest BCUT2D eigenvalue weighted by molar-refractivity contribution is 5.93. The molecular formula is C20H14F3N3O4. The van der Waals surface area contributed by atoms with Crippen molar-refractivity contribution in [2.45, 2.75) is 19.7 Å². The van der Waals surface area contributed by atoms with Crippen LogP contribution in [0.5, 0.6) is 5.75 Å². The molecule has 154 valence electrons. The predicted molar refractivity (Wildman–Crippen MR) is 99.3 cm³/mol. The minimum Gasteiger partial charge on any atom is -0.461 e. The lowest BCUT2D eigenvalue weighted by Crippen LogP contribution is -2.25. The van der Waals surface area contributed by atoms with Gasteiger partial charge in [-0.15, -0.1) is 13.2 Å². The number of carbonyl (C=O) groups is 1. The van der Waals surface area contributed by atoms with Crippen molar-refractivity contribution in [3.63, 3.8) is 0 Å². The van der Waals surface area contributed by atoms with Crippen LogP contribution in [0.15, 0.2) is 47.3 Å². The number of rotatable bonds is 5. The van der Waals surface area contributed by atoms with E-state index in [0.29, 0.717) is 5.56 Å². The number of halogens is 3. The van der Waals surface area contributed by atoms with Gasteiger partial charge in [-0.25, -0.2) is 9.48 Å². The number of nitriles is 1. The number of aromatic nitrogens is 2. The summed E-state index contributed by atoms with van der Waals surface area (Å²) in [6.45, 7) is 1.58. The summed E-state index contributed by atoms with van der Waals surface area (Å²) in [5, 5.41) is 13.3. The Morgan fingerprint density at radius 1 is 1.20 bits per heavy atom. The summed E-state index contributed by atoms with van der Waals surface area (Å²) >= 11 is 0. The van der Waals surface area contributed by atoms with E-state index in [9.17, 15) is 22.8 Å². The number of carbonyl (C=O) groups excluding carboxylic acids is 1. The number of benzene rings is 2. The number of fused-ring (bicyclic) bond motifs is 1. The first-order valence-electron chi connectivity index (χ1n) is 8.70. The smallest absolute Gasteiger partial charge is 0.461 e. The van der Waals surface area contributed by atoms with Crippen LogP contribution in [0.25, 0.3) is 16.6 Å². The first-order valence-corrected chi connectivity index (χ1v) is 8.70. The molecule has 1 aromatic heterocycles. The van der Waals surface area contributed by atoms with Crippen LogP contribution in [0, 0.1) is 11.3 Å². The molecule has 30 heavy (non-hydrogen) atoms. The summed E-state index contributed by atoms with van der Waals surface area (Å²) in [6, 6.07) is 11.5. The normalized spacial score (nSPS) is 11.2. The third-order valence-electron chi connectivity index (χ3n) is 4.05. The molecule has 0 aliphatic rings. The van der Waals surface area contributed by atoms with E-state index >= 15 is 0 Å². The number of esters is 1. The van der Waals surface area contributed by atoms with Crippen molar-refractivity contribution in [3.05, 3.63) is 63.9 Å². The number of alkyl halides is 3. The van der Waals surface area contributed by atoms with Gasteiger partial charge in [-0.05, 0) is 42.8 Å². The van der Waals surface area contributed by atoms with Crippen LogP contribution in [-0.2, 0) is 11.2 Å². The van der Waals surface area contributed by atoms with Crippen LogP contribution in [0.3, 0.4) is 0 Å². The van der Waals surface area contributed by atoms with Crippen molar-refractivity contribution in [1.29, 1.82) is 5.26 Å². The number of ether oxygens (including phenoxy) is 2. The van der Waals surface area contributed by atoms with Gasteiger partial charge in [0.15, 0.2) is 0 Å². The molecule has 0 aliphatic carbocycles. The summed E-state index contributed by atoms with van der Waals surface area (Å²) in [5.74, 6) is -1.38. The predicted octanol–water partition coefficient (Wildman–Crippen LogP) is 3.53. The van der Waals surface area contributed by atoms with Gasteiger partial charge in [0, 0.05) is 0 Å². The van der Waals surface area contributed by atoms with Gasteiger partial charge in [-0.2, -0.15) is 10.4 Å². The minimum atomic E-state index is -4.84. The molecule has 0 unspecified atom stereocenters. The fourth-order valence-electron chi connectivity index (χ4n) is 2.89. The summed E-state index contributed by atoms with van der Waals surface area (Å²) < 4.78 is 47.2. The molecule has 0 saturated heterocycles. The molecule has 2 aromatic carbocycles. The maximum atomic E-state index is 12.9. The van der Waals surface area contributed by atoms with Crippen LogP contribution in [0.1, 0.15) is 23.0 Å². The van der Waals surface area contributed by atoms with Gasteiger partial charge >= 0.3 is 12.3 Å². The quantitative estimate of drug-likeness (QED) is 0.590. The zero-order valence-electron chi connectivity index (χ0n) is 15.6. The Balaban J connectivity index is 2.24. The topological polar surface area (TPSA) is 94.2 Å². The molecule has 0 saturated carbocycles. The SMILES string of the molecule is CCOC(=O)c1nn(-c2ccc(OC(F)(F)F)cc2)c2cccc(CC#N)c2c1=O. The molecule has 0 spiro atoms. The summed E-state index contributed by atoms with van der Waals surface area (Å²) in [7, 11) is 0. The lowest BCUT2D eigenvalue weighted by molar-refractivity contribution is -0.274. The van der Waals surface area contributed by atoms with Gasteiger partial charge < -0.3 is 9.47 Å². The van der Waals surface area contributed by atoms with Crippen molar-refractivity contribution in [3.8, 4) is 17.5 Å². The fraction of sp³-hybridized carbons (Fsp3) is 0.200. The second-order valence-corrected chi connectivity index (χ2v) is 6.00. The zero-order chi connectivity index (χ0) is 21.9. The van der Waals surface area contributed by atoms with Crippen molar-refractivity contribution < 1.29 is 27.4 Å². The van der Waals surface area contributed by atoms with E-state index in [2.05, 4.69) is 9.84 Å². The maximum absolute atomic E-state index is 12.9. The summed E-state index contributed by atoms with van der Waals surface area (Å²) in [6.07, 6.45) is -4.93. The van der Waals surface area contributed by atoms with E-state index in [-0.39, 0.29) is 29.6 Å². The van der Waals surface area contributed by atoms with Crippen molar-refractivity contribution in [2.75, 3.05) is 6.61 Å². The van der Waals surface area contributed by atoms with Crippen LogP contribution in [-0.4, -0.2) is 28.7 Å². The zero-order valence-corrected chi connectivity index (χ0v) is 15.6. The Bertz CT molecular complexity index is 1200. The Kier molecular flexibility index (Phi) is 5.73. The van der Waals surface area contributed by atoms with Gasteiger partial charge in [0.25, 0.3) is 0 Å². The average molecular weight is 417 g/mol. The lowest BCUT2D eigenvalue weighted by atomic mass is 10.0. The molecule has 0 aliphatic heterocycles. The molecule has 0 fully saturated rings. The lowest BCUT2D eigenvalue weighted by Gasteiger charge is -2.14. The minimum absolute atomic E-state index is 0.0152. The molecule has 0 radical (unpaired) electrons. The van der Waals surface area contributed by atoms with E-state index < -0.39 is 29.2 Å². The van der Waals surface area contributed by atoms with Crippen molar-refractivity contribution in [1.82, 2.24) is 9.78 Å². The monoisotopic (exact) mass is 417 g/mol. The Hall–Kier alpha value is -3.87. The number of nitrogens with zero attached hydrogens (tertiary/aromatic N) is 3. The Morgan fingerprint density at radius 3 is 2.50 bits per heavy atom. The van der Waals surface area contributed by atoms with Crippen LogP contribution >= 0.6 is 0 Å². The first-order chi connectivity index (χ1) is 14.2. The molecule has 0 atom stereocenters. The number of hydrogen-bond acceptors (Lipinski definition) is 6. The highest BCUT2D eigenvalue weighted by Gasteiger charge is 2.31. The third-order valence-corrected chi connectivity index (χ3v) is 4.05. The second-order valence-electron chi connectivity index (χ2n) is 6.00. The fourth-order valence-corrected chi connectivity index (χ4v) is 2.89. The van der Waals surface area contributed by atoms with E-state index in [0.717, 1.165) is 12.1 Å². The van der Waals surface area contributed by atoms with Crippen molar-refractivity contribution >= 4 is 16.9 Å². The van der Waals surface area contributed by atoms with Crippen LogP contribution in [0.2, 0.25) is 0 Å². The van der Waals surface area contributed by atoms with Gasteiger partial charge in [0.05, 0.1) is 35.7 Å². The standard InChI is InChI=1S/C20H14F3N3O4/c1-2-29-19(28)17-18(27)16-12(10-11-24)4-3-5-15(16)26(25-17)13-6-8-14(9-7-13)30-20(21,22)23/h3-9H,2,10H2,1H3. The second kappa shape index (κ2) is 8.24. The molecule has 3 aromatic rings. The van der Waals surface area contributed by atoms with Gasteiger partial charge in [-0.1, -0.05) is 12.1 Å². The third kappa shape index (κ3) is 4.25. The Morgan fingerprint density at radius 2 is 1.90 bits per heavy atom. The molecule has 3 rings (SSSR count). The van der Waals surface area contributed by atoms with Gasteiger partial charge in [0.1, 0.15) is 5.75 Å². The van der Waals surface area contributed by atoms with E-state index in [4.69, 9.17) is 10.00 Å². The maximum Gasteiger partial charge on any atom is 0.573 e. The molecule has 10 heteroatoms. The average Bonchev–Trinajstić information content (AvgIpc) is 2.68. The van der Waals surface area contributed by atoms with Crippen LogP contribution in [0.4, 0.5) is 13.2 Å². The van der Waals surface area contributed by atoms with E-state index in [1.54, 1.807) is 25.1 Å². The van der Waals surface area contributed by atoms with Gasteiger partial charge in [-0.3, -0.25) is 4.79 Å². The summed E-state index contributed by atoms with van der Waals surface area (Å²) in [5.41, 5.74) is -0.244. The largest absolute Gasteiger partial charge is 0.573 e. The van der Waals surface area contributed by atoms with Crippen LogP contribution < -0.4 is 10.2 Å². The first kappa shape index (κ1) is 20.9. The van der Waals surface area contributed by atoms with E-state index in [1.807, 2.05) is 6.07 Å². The molecule has 0 amide bonds. The number of hydrogen-bond donors (Lipinski definition) is 0. The Labute approximate surface area is 167 Å². The molecule has 1 heterocycles. The molecule has 0 N–H and O–H groups in total. The molecule has 7 nitrogen and oxygen atoms in total. The summed E-state index contributed by atoms with van der Waals surface area (Å²) in [4.78, 5) is 25.2. The molecular weight excluding hydrogens is 403 g/mol. The molecule has 0 bridgehead atoms. The highest BCUT2D eigenvalue weighted by atomic mass is 19.4. The van der Waals surface area contributed by atoms with Gasteiger partial charge in [0.2, 0.25) is 11.1 Å². The highest BCUT2D eigenvalue weighted by Crippen LogP contribution is 2.25. The van der Waals surface area contributed by atoms with E-state index in [1.165, 1.54) is 16.8 Å².